The Hall–Kier alpha value is -2.08. The third-order valence-electron chi connectivity index (χ3n) is 4.52. The molecule has 0 aliphatic carbocycles. The number of carbonyl (C=O) groups is 1. The molecule has 1 aliphatic rings. The fourth-order valence-electron chi connectivity index (χ4n) is 2.97. The second-order valence-electron chi connectivity index (χ2n) is 6.96. The maximum Gasteiger partial charge on any atom is 0.223 e. The molecule has 0 spiro atoms. The highest BCUT2D eigenvalue weighted by molar-refractivity contribution is 5.81. The molecule has 6 heteroatoms. The van der Waals surface area contributed by atoms with Crippen molar-refractivity contribution < 1.29 is 4.79 Å². The van der Waals surface area contributed by atoms with Gasteiger partial charge >= 0.3 is 0 Å². The van der Waals surface area contributed by atoms with E-state index in [4.69, 9.17) is 0 Å². The number of benzene rings is 1. The summed E-state index contributed by atoms with van der Waals surface area (Å²) in [6.07, 6.45) is 3.11. The van der Waals surface area contributed by atoms with Crippen molar-refractivity contribution in [3.63, 3.8) is 0 Å². The van der Waals surface area contributed by atoms with Gasteiger partial charge in [-0.1, -0.05) is 24.3 Å². The van der Waals surface area contributed by atoms with Crippen molar-refractivity contribution in [2.24, 2.45) is 4.99 Å². The van der Waals surface area contributed by atoms with Crippen LogP contribution in [0.25, 0.3) is 0 Å². The third kappa shape index (κ3) is 7.04. The first-order valence-corrected chi connectivity index (χ1v) is 9.61. The average molecular weight is 360 g/mol. The molecule has 1 fully saturated rings. The molecule has 2 N–H and O–H groups in total. The molecule has 1 heterocycles. The molecule has 0 atom stereocenters. The summed E-state index contributed by atoms with van der Waals surface area (Å²) < 4.78 is 0. The van der Waals surface area contributed by atoms with Gasteiger partial charge in [0.1, 0.15) is 0 Å². The predicted octanol–water partition coefficient (Wildman–Crippen LogP) is 1.82. The van der Waals surface area contributed by atoms with Crippen molar-refractivity contribution in [1.29, 1.82) is 0 Å². The number of hydrogen-bond donors (Lipinski definition) is 2. The molecule has 144 valence electrons. The van der Waals surface area contributed by atoms with Crippen LogP contribution in [0.2, 0.25) is 0 Å². The minimum absolute atomic E-state index is 0.113. The maximum atomic E-state index is 11.6. The van der Waals surface area contributed by atoms with Crippen molar-refractivity contribution in [3.8, 4) is 0 Å². The third-order valence-corrected chi connectivity index (χ3v) is 4.52. The number of rotatable bonds is 8. The number of nitrogens with zero attached hydrogens (tertiary/aromatic N) is 3. The highest BCUT2D eigenvalue weighted by atomic mass is 16.2. The van der Waals surface area contributed by atoms with E-state index in [2.05, 4.69) is 44.8 Å². The predicted molar refractivity (Wildman–Crippen MR) is 107 cm³/mol. The molecular formula is C20H33N5O. The van der Waals surface area contributed by atoms with Gasteiger partial charge in [-0.05, 0) is 44.0 Å². The molecule has 26 heavy (non-hydrogen) atoms. The van der Waals surface area contributed by atoms with Gasteiger partial charge in [-0.15, -0.1) is 0 Å². The Morgan fingerprint density at radius 1 is 1.12 bits per heavy atom. The van der Waals surface area contributed by atoms with Crippen LogP contribution in [0.1, 0.15) is 37.3 Å². The van der Waals surface area contributed by atoms with E-state index in [1.807, 2.05) is 6.92 Å². The van der Waals surface area contributed by atoms with Crippen LogP contribution in [0.5, 0.6) is 0 Å². The number of carbonyl (C=O) groups excluding carboxylic acids is 1. The van der Waals surface area contributed by atoms with Crippen molar-refractivity contribution in [2.45, 2.75) is 39.3 Å². The fourth-order valence-corrected chi connectivity index (χ4v) is 2.97. The summed E-state index contributed by atoms with van der Waals surface area (Å²) in [6, 6.07) is 8.74. The molecule has 1 aromatic carbocycles. The van der Waals surface area contributed by atoms with E-state index in [0.29, 0.717) is 19.5 Å². The largest absolute Gasteiger partial charge is 0.357 e. The van der Waals surface area contributed by atoms with E-state index >= 15 is 0 Å². The van der Waals surface area contributed by atoms with Gasteiger partial charge in [-0.25, -0.2) is 4.99 Å². The molecule has 1 aromatic rings. The number of amides is 1. The van der Waals surface area contributed by atoms with Crippen LogP contribution in [0, 0.1) is 0 Å². The van der Waals surface area contributed by atoms with Crippen LogP contribution in [-0.4, -0.2) is 61.9 Å². The minimum Gasteiger partial charge on any atom is -0.357 e. The van der Waals surface area contributed by atoms with Crippen LogP contribution in [0.3, 0.4) is 0 Å². The normalized spacial score (nSPS) is 15.1. The zero-order valence-corrected chi connectivity index (χ0v) is 16.4. The Morgan fingerprint density at radius 3 is 2.38 bits per heavy atom. The van der Waals surface area contributed by atoms with Crippen LogP contribution in [0.15, 0.2) is 29.3 Å². The van der Waals surface area contributed by atoms with Gasteiger partial charge in [-0.3, -0.25) is 9.69 Å². The summed E-state index contributed by atoms with van der Waals surface area (Å²) in [7, 11) is 3.55. The first-order chi connectivity index (χ1) is 12.6. The van der Waals surface area contributed by atoms with Crippen LogP contribution >= 0.6 is 0 Å². The fraction of sp³-hybridized carbons (Fsp3) is 0.600. The molecule has 0 radical (unpaired) electrons. The van der Waals surface area contributed by atoms with Crippen molar-refractivity contribution >= 4 is 11.9 Å². The van der Waals surface area contributed by atoms with Crippen molar-refractivity contribution in [1.82, 2.24) is 20.4 Å². The lowest BCUT2D eigenvalue weighted by Gasteiger charge is -2.15. The number of hydrogen-bond acceptors (Lipinski definition) is 3. The van der Waals surface area contributed by atoms with Gasteiger partial charge in [0.2, 0.25) is 5.91 Å². The minimum atomic E-state index is 0.113. The Morgan fingerprint density at radius 2 is 1.77 bits per heavy atom. The summed E-state index contributed by atoms with van der Waals surface area (Å²) in [5.41, 5.74) is 2.56. The first kappa shape index (κ1) is 20.2. The van der Waals surface area contributed by atoms with Gasteiger partial charge in [-0.2, -0.15) is 0 Å². The van der Waals surface area contributed by atoms with E-state index in [0.717, 1.165) is 19.0 Å². The van der Waals surface area contributed by atoms with Gasteiger partial charge in [0.05, 0.1) is 6.54 Å². The lowest BCUT2D eigenvalue weighted by Crippen LogP contribution is -2.39. The zero-order valence-electron chi connectivity index (χ0n) is 16.4. The van der Waals surface area contributed by atoms with Gasteiger partial charge < -0.3 is 15.5 Å². The quantitative estimate of drug-likeness (QED) is 0.549. The van der Waals surface area contributed by atoms with Crippen molar-refractivity contribution in [3.05, 3.63) is 35.4 Å². The van der Waals surface area contributed by atoms with Crippen LogP contribution in [0.4, 0.5) is 0 Å². The van der Waals surface area contributed by atoms with E-state index in [-0.39, 0.29) is 5.91 Å². The lowest BCUT2D eigenvalue weighted by molar-refractivity contribution is -0.128. The Labute approximate surface area is 157 Å². The highest BCUT2D eigenvalue weighted by Crippen LogP contribution is 2.13. The molecule has 0 aromatic heterocycles. The molecule has 1 saturated heterocycles. The Balaban J connectivity index is 1.82. The van der Waals surface area contributed by atoms with Gasteiger partial charge in [0, 0.05) is 40.2 Å². The summed E-state index contributed by atoms with van der Waals surface area (Å²) in [6.45, 7) is 7.53. The second-order valence-corrected chi connectivity index (χ2v) is 6.96. The Kier molecular flexibility index (Phi) is 8.41. The number of likely N-dealkylation sites (tertiary alicyclic amines) is 1. The zero-order chi connectivity index (χ0) is 18.8. The summed E-state index contributed by atoms with van der Waals surface area (Å²) in [5, 5.41) is 6.44. The molecular weight excluding hydrogens is 326 g/mol. The topological polar surface area (TPSA) is 60.0 Å². The molecule has 0 bridgehead atoms. The van der Waals surface area contributed by atoms with Crippen LogP contribution < -0.4 is 10.6 Å². The van der Waals surface area contributed by atoms with Crippen LogP contribution in [-0.2, 0) is 17.9 Å². The molecule has 1 amide bonds. The summed E-state index contributed by atoms with van der Waals surface area (Å²) >= 11 is 0. The molecule has 2 rings (SSSR count). The maximum absolute atomic E-state index is 11.6. The first-order valence-electron chi connectivity index (χ1n) is 9.61. The molecule has 6 nitrogen and oxygen atoms in total. The highest BCUT2D eigenvalue weighted by Gasteiger charge is 2.11. The summed E-state index contributed by atoms with van der Waals surface area (Å²) in [5.74, 6) is 0.863. The monoisotopic (exact) mass is 359 g/mol. The number of nitrogens with one attached hydrogen (secondary N) is 2. The number of guanidine groups is 1. The standard InChI is InChI=1S/C20H33N5O/c1-4-21-20(22-12-11-19(26)24(2)3)23-15-17-7-9-18(10-8-17)16-25-13-5-6-14-25/h7-10H,4-6,11-16H2,1-3H3,(H2,21,22,23). The summed E-state index contributed by atoms with van der Waals surface area (Å²) in [4.78, 5) is 20.4. The van der Waals surface area contributed by atoms with E-state index in [1.54, 1.807) is 19.0 Å². The Bertz CT molecular complexity index is 576. The average Bonchev–Trinajstić information content (AvgIpc) is 3.13. The smallest absolute Gasteiger partial charge is 0.223 e. The molecule has 0 saturated carbocycles. The number of aliphatic imine (C=N–C) groups is 1. The van der Waals surface area contributed by atoms with E-state index < -0.39 is 0 Å². The molecule has 1 aliphatic heterocycles. The molecule has 0 unspecified atom stereocenters. The van der Waals surface area contributed by atoms with E-state index in [1.165, 1.54) is 37.1 Å². The van der Waals surface area contributed by atoms with Gasteiger partial charge in [0.25, 0.3) is 0 Å². The van der Waals surface area contributed by atoms with E-state index in [9.17, 15) is 4.79 Å². The lowest BCUT2D eigenvalue weighted by atomic mass is 10.1. The SMILES string of the molecule is CCNC(=NCc1ccc(CN2CCCC2)cc1)NCCC(=O)N(C)C. The second kappa shape index (κ2) is 10.8. The van der Waals surface area contributed by atoms with Crippen molar-refractivity contribution in [2.75, 3.05) is 40.3 Å². The van der Waals surface area contributed by atoms with Gasteiger partial charge in [0.15, 0.2) is 5.96 Å².